The summed E-state index contributed by atoms with van der Waals surface area (Å²) in [5.74, 6) is -0.0539. The van der Waals surface area contributed by atoms with Crippen LogP contribution in [0.5, 0.6) is 0 Å². The van der Waals surface area contributed by atoms with E-state index in [1.807, 2.05) is 24.3 Å². The van der Waals surface area contributed by atoms with Gasteiger partial charge in [-0.15, -0.1) is 0 Å². The molecule has 1 rings (SSSR count). The van der Waals surface area contributed by atoms with Gasteiger partial charge in [-0.3, -0.25) is 4.79 Å². The second-order valence-electron chi connectivity index (χ2n) is 2.60. The number of carbonyl (C=O) groups excluding carboxylic acids is 1. The molecule has 0 atom stereocenters. The van der Waals surface area contributed by atoms with E-state index in [9.17, 15) is 4.79 Å². The molecule has 0 unspecified atom stereocenters. The van der Waals surface area contributed by atoms with Crippen LogP contribution in [0, 0.1) is 15.3 Å². The summed E-state index contributed by atoms with van der Waals surface area (Å²) >= 11 is 0. The average Bonchev–Trinajstić information content (AvgIpc) is 2.07. The third-order valence-corrected chi connectivity index (χ3v) is 1.27. The third kappa shape index (κ3) is 9.89. The first-order chi connectivity index (χ1) is 6.91. The van der Waals surface area contributed by atoms with Gasteiger partial charge >= 0.3 is 0 Å². The molecule has 1 aromatic carbocycles. The van der Waals surface area contributed by atoms with E-state index in [0.29, 0.717) is 0 Å². The normalized spacial score (nSPS) is 7.88. The Morgan fingerprint density at radius 3 is 2.00 bits per heavy atom. The van der Waals surface area contributed by atoms with E-state index < -0.39 is 5.09 Å². The number of anilines is 1. The van der Waals surface area contributed by atoms with Crippen molar-refractivity contribution in [2.45, 2.75) is 6.92 Å². The van der Waals surface area contributed by atoms with Gasteiger partial charge in [0.05, 0.1) is 5.09 Å². The summed E-state index contributed by atoms with van der Waals surface area (Å²) in [6.45, 7) is 1.48. The third-order valence-electron chi connectivity index (χ3n) is 1.27. The molecule has 0 radical (unpaired) electrons. The molecule has 16 heavy (non-hydrogen) atoms. The maximum atomic E-state index is 10.6. The molecule has 1 amide bonds. The molecule has 1 aromatic rings. The van der Waals surface area contributed by atoms with E-state index in [2.05, 4.69) is 11.1 Å². The number of nitrogens with one attached hydrogen (secondary N) is 1. The van der Waals surface area contributed by atoms with Crippen LogP contribution in [0.2, 0.25) is 0 Å². The highest BCUT2D eigenvalue weighted by atomic mass is 16.9. The molecule has 0 spiro atoms. The highest BCUT2D eigenvalue weighted by Gasteiger charge is 1.94. The largest absolute Gasteiger partial charge is 0.412 e. The highest BCUT2D eigenvalue weighted by Crippen LogP contribution is 2.08. The predicted octanol–water partition coefficient (Wildman–Crippen LogP) is -0.545. The lowest BCUT2D eigenvalue weighted by Crippen LogP contribution is -2.39. The SMILES string of the molecule is CC(=O)Nc1ccc([NH3+])cc1.O.O=[N+]([O-])[O-]. The van der Waals surface area contributed by atoms with Gasteiger partial charge in [-0.1, -0.05) is 0 Å². The lowest BCUT2D eigenvalue weighted by atomic mass is 10.3. The molecular weight excluding hydrogens is 218 g/mol. The molecule has 0 saturated carbocycles. The molecule has 0 aliphatic heterocycles. The van der Waals surface area contributed by atoms with Crippen molar-refractivity contribution in [3.05, 3.63) is 39.6 Å². The topological polar surface area (TPSA) is 154 Å². The van der Waals surface area contributed by atoms with E-state index in [1.165, 1.54) is 6.92 Å². The molecule has 0 aliphatic rings. The van der Waals surface area contributed by atoms with Gasteiger partial charge < -0.3 is 31.8 Å². The number of benzene rings is 1. The fourth-order valence-electron chi connectivity index (χ4n) is 0.791. The zero-order valence-electron chi connectivity index (χ0n) is 8.60. The molecule has 0 aliphatic carbocycles. The molecular formula is C8H13N3O5. The summed E-state index contributed by atoms with van der Waals surface area (Å²) in [7, 11) is 0. The number of quaternary nitrogens is 1. The van der Waals surface area contributed by atoms with E-state index in [0.717, 1.165) is 11.4 Å². The fraction of sp³-hybridized carbons (Fsp3) is 0.125. The molecule has 0 saturated heterocycles. The number of carbonyl (C=O) groups is 1. The maximum Gasteiger partial charge on any atom is 0.221 e. The first-order valence-electron chi connectivity index (χ1n) is 3.93. The Morgan fingerprint density at radius 2 is 1.69 bits per heavy atom. The maximum absolute atomic E-state index is 10.6. The van der Waals surface area contributed by atoms with Crippen LogP contribution in [0.4, 0.5) is 11.4 Å². The van der Waals surface area contributed by atoms with Crippen LogP contribution in [0.3, 0.4) is 0 Å². The summed E-state index contributed by atoms with van der Waals surface area (Å²) in [6.07, 6.45) is 0. The van der Waals surface area contributed by atoms with Crippen LogP contribution in [-0.2, 0) is 4.79 Å². The number of nitrogens with zero attached hydrogens (tertiary/aromatic N) is 1. The lowest BCUT2D eigenvalue weighted by Gasteiger charge is -1.99. The zero-order chi connectivity index (χ0) is 11.8. The molecule has 90 valence electrons. The van der Waals surface area contributed by atoms with E-state index in [1.54, 1.807) is 0 Å². The van der Waals surface area contributed by atoms with E-state index >= 15 is 0 Å². The van der Waals surface area contributed by atoms with Crippen LogP contribution >= 0.6 is 0 Å². The molecule has 0 fully saturated rings. The van der Waals surface area contributed by atoms with Crippen molar-refractivity contribution in [1.29, 1.82) is 0 Å². The Hall–Kier alpha value is -2.19. The van der Waals surface area contributed by atoms with Crippen molar-refractivity contribution in [3.8, 4) is 0 Å². The summed E-state index contributed by atoms with van der Waals surface area (Å²) in [6, 6.07) is 7.35. The van der Waals surface area contributed by atoms with Crippen LogP contribution in [0.25, 0.3) is 0 Å². The van der Waals surface area contributed by atoms with Crippen molar-refractivity contribution in [1.82, 2.24) is 0 Å². The Kier molecular flexibility index (Phi) is 8.27. The number of amides is 1. The summed E-state index contributed by atoms with van der Waals surface area (Å²) in [4.78, 5) is 18.8. The van der Waals surface area contributed by atoms with Gasteiger partial charge in [0.2, 0.25) is 5.91 Å². The minimum atomic E-state index is -1.75. The number of hydrogen-bond donors (Lipinski definition) is 2. The van der Waals surface area contributed by atoms with Gasteiger partial charge in [0.1, 0.15) is 5.69 Å². The van der Waals surface area contributed by atoms with Gasteiger partial charge in [0, 0.05) is 24.7 Å². The first kappa shape index (κ1) is 16.2. The van der Waals surface area contributed by atoms with Gasteiger partial charge in [-0.2, -0.15) is 0 Å². The first-order valence-corrected chi connectivity index (χ1v) is 3.93. The van der Waals surface area contributed by atoms with E-state index in [4.69, 9.17) is 15.3 Å². The second-order valence-corrected chi connectivity index (χ2v) is 2.60. The quantitative estimate of drug-likeness (QED) is 0.491. The summed E-state index contributed by atoms with van der Waals surface area (Å²) < 4.78 is 0. The Bertz CT molecular complexity index is 334. The van der Waals surface area contributed by atoms with Crippen LogP contribution in [0.1, 0.15) is 6.92 Å². The Labute approximate surface area is 91.1 Å². The molecule has 8 nitrogen and oxygen atoms in total. The van der Waals surface area contributed by atoms with Crippen molar-refractivity contribution in [3.63, 3.8) is 0 Å². The standard InChI is InChI=1S/C8H10N2O.NO3.H2O/c1-6(11)10-8-4-2-7(9)3-5-8;2-1(3)4;/h2-5H,9H2,1H3,(H,10,11);;1H2/q;-1;/p+1. The summed E-state index contributed by atoms with van der Waals surface area (Å²) in [5, 5.41) is 17.4. The highest BCUT2D eigenvalue weighted by molar-refractivity contribution is 5.88. The molecule has 0 bridgehead atoms. The minimum absolute atomic E-state index is 0. The lowest BCUT2D eigenvalue weighted by molar-refractivity contribution is -0.402. The fourth-order valence-corrected chi connectivity index (χ4v) is 0.791. The van der Waals surface area contributed by atoms with Crippen LogP contribution in [-0.4, -0.2) is 16.5 Å². The monoisotopic (exact) mass is 231 g/mol. The van der Waals surface area contributed by atoms with Crippen LogP contribution < -0.4 is 11.1 Å². The molecule has 6 N–H and O–H groups in total. The van der Waals surface area contributed by atoms with E-state index in [-0.39, 0.29) is 11.4 Å². The number of rotatable bonds is 1. The van der Waals surface area contributed by atoms with Crippen LogP contribution in [0.15, 0.2) is 24.3 Å². The summed E-state index contributed by atoms with van der Waals surface area (Å²) in [5.41, 5.74) is 5.48. The van der Waals surface area contributed by atoms with Crippen molar-refractivity contribution >= 4 is 17.3 Å². The Morgan fingerprint density at radius 1 is 1.31 bits per heavy atom. The Balaban J connectivity index is 0. The average molecular weight is 231 g/mol. The van der Waals surface area contributed by atoms with Crippen molar-refractivity contribution in [2.75, 3.05) is 5.32 Å². The van der Waals surface area contributed by atoms with Gasteiger partial charge in [0.25, 0.3) is 0 Å². The van der Waals surface area contributed by atoms with Gasteiger partial charge in [-0.05, 0) is 12.1 Å². The minimum Gasteiger partial charge on any atom is -0.412 e. The predicted molar refractivity (Wildman–Crippen MR) is 57.3 cm³/mol. The zero-order valence-corrected chi connectivity index (χ0v) is 8.60. The molecule has 0 aromatic heterocycles. The second kappa shape index (κ2) is 8.15. The van der Waals surface area contributed by atoms with Gasteiger partial charge in [0.15, 0.2) is 0 Å². The molecule has 8 heteroatoms. The number of hydrogen-bond acceptors (Lipinski definition) is 4. The van der Waals surface area contributed by atoms with Gasteiger partial charge in [-0.25, -0.2) is 0 Å². The van der Waals surface area contributed by atoms with Crippen molar-refractivity contribution in [2.24, 2.45) is 0 Å². The molecule has 0 heterocycles. The smallest absolute Gasteiger partial charge is 0.221 e. The van der Waals surface area contributed by atoms with Crippen molar-refractivity contribution < 1.29 is 21.1 Å².